The molecule has 0 radical (unpaired) electrons. The minimum Gasteiger partial charge on any atom is -0.370 e. The molecule has 0 aromatic heterocycles. The van der Waals surface area contributed by atoms with Gasteiger partial charge in [0.25, 0.3) is 0 Å². The molecule has 1 fully saturated rings. The molecule has 1 heterocycles. The number of nitrogens with zero attached hydrogens (tertiary/aromatic N) is 2. The molecule has 0 bridgehead atoms. The Morgan fingerprint density at radius 1 is 1.29 bits per heavy atom. The average Bonchev–Trinajstić information content (AvgIpc) is 2.78. The zero-order valence-corrected chi connectivity index (χ0v) is 11.5. The molecule has 2 heteroatoms. The fraction of sp³-hybridized carbons (Fsp3) is 0.600. The van der Waals surface area contributed by atoms with Crippen molar-refractivity contribution in [2.24, 2.45) is 0 Å². The maximum absolute atomic E-state index is 2.51. The highest BCUT2D eigenvalue weighted by molar-refractivity contribution is 5.50. The van der Waals surface area contributed by atoms with Gasteiger partial charge in [-0.05, 0) is 44.1 Å². The van der Waals surface area contributed by atoms with Gasteiger partial charge in [0.15, 0.2) is 0 Å². The Bertz CT molecular complexity index is 371. The quantitative estimate of drug-likeness (QED) is 0.790. The minimum absolute atomic E-state index is 0.613. The van der Waals surface area contributed by atoms with Crippen molar-refractivity contribution in [2.45, 2.75) is 32.2 Å². The highest BCUT2D eigenvalue weighted by Crippen LogP contribution is 2.25. The lowest BCUT2D eigenvalue weighted by Crippen LogP contribution is -2.31. The Morgan fingerprint density at radius 3 is 2.65 bits per heavy atom. The van der Waals surface area contributed by atoms with E-state index in [0.717, 1.165) is 6.54 Å². The third-order valence-corrected chi connectivity index (χ3v) is 3.80. The fourth-order valence-corrected chi connectivity index (χ4v) is 2.48. The normalized spacial score (nSPS) is 20.6. The van der Waals surface area contributed by atoms with Crippen molar-refractivity contribution in [2.75, 3.05) is 32.1 Å². The molecule has 1 atom stereocenters. The summed E-state index contributed by atoms with van der Waals surface area (Å²) in [6.45, 7) is 6.86. The molecule has 1 aliphatic heterocycles. The standard InChI is InChI=1S/C15H24N2/c1-12(2)13-6-5-7-14(10-13)17-9-8-15(11-17)16(3)4/h5-7,10,12,15H,8-9,11H2,1-4H3. The Balaban J connectivity index is 2.11. The summed E-state index contributed by atoms with van der Waals surface area (Å²) in [5.41, 5.74) is 2.83. The molecule has 17 heavy (non-hydrogen) atoms. The first-order valence-electron chi connectivity index (χ1n) is 6.59. The second-order valence-electron chi connectivity index (χ2n) is 5.60. The molecule has 1 aromatic rings. The number of anilines is 1. The van der Waals surface area contributed by atoms with E-state index >= 15 is 0 Å². The van der Waals surface area contributed by atoms with Gasteiger partial charge >= 0.3 is 0 Å². The summed E-state index contributed by atoms with van der Waals surface area (Å²) >= 11 is 0. The number of hydrogen-bond donors (Lipinski definition) is 0. The lowest BCUT2D eigenvalue weighted by molar-refractivity contribution is 0.315. The predicted octanol–water partition coefficient (Wildman–Crippen LogP) is 2.95. The lowest BCUT2D eigenvalue weighted by atomic mass is 10.0. The molecular formula is C15H24N2. The predicted molar refractivity (Wildman–Crippen MR) is 74.8 cm³/mol. The number of hydrogen-bond acceptors (Lipinski definition) is 2. The lowest BCUT2D eigenvalue weighted by Gasteiger charge is -2.22. The van der Waals surface area contributed by atoms with E-state index < -0.39 is 0 Å². The van der Waals surface area contributed by atoms with Gasteiger partial charge in [0, 0.05) is 24.8 Å². The Morgan fingerprint density at radius 2 is 2.06 bits per heavy atom. The highest BCUT2D eigenvalue weighted by atomic mass is 15.2. The molecule has 1 saturated heterocycles. The molecule has 94 valence electrons. The van der Waals surface area contributed by atoms with E-state index in [1.165, 1.54) is 24.2 Å². The fourth-order valence-electron chi connectivity index (χ4n) is 2.48. The zero-order chi connectivity index (χ0) is 12.4. The maximum atomic E-state index is 2.51. The summed E-state index contributed by atoms with van der Waals surface area (Å²) in [6, 6.07) is 9.71. The van der Waals surface area contributed by atoms with Crippen LogP contribution in [0, 0.1) is 0 Å². The van der Waals surface area contributed by atoms with E-state index in [1.54, 1.807) is 0 Å². The van der Waals surface area contributed by atoms with Gasteiger partial charge < -0.3 is 9.80 Å². The van der Waals surface area contributed by atoms with E-state index in [4.69, 9.17) is 0 Å². The third kappa shape index (κ3) is 2.81. The first kappa shape index (κ1) is 12.4. The van der Waals surface area contributed by atoms with Crippen molar-refractivity contribution in [3.05, 3.63) is 29.8 Å². The largest absolute Gasteiger partial charge is 0.370 e. The Kier molecular flexibility index (Phi) is 3.72. The van der Waals surface area contributed by atoms with Gasteiger partial charge in [0.1, 0.15) is 0 Å². The van der Waals surface area contributed by atoms with Crippen LogP contribution in [-0.2, 0) is 0 Å². The van der Waals surface area contributed by atoms with Crippen molar-refractivity contribution in [1.29, 1.82) is 0 Å². The summed E-state index contributed by atoms with van der Waals surface area (Å²) in [5, 5.41) is 0. The van der Waals surface area contributed by atoms with Crippen LogP contribution in [0.25, 0.3) is 0 Å². The van der Waals surface area contributed by atoms with E-state index in [2.05, 4.69) is 62.0 Å². The van der Waals surface area contributed by atoms with Crippen molar-refractivity contribution in [3.8, 4) is 0 Å². The molecule has 1 aromatic carbocycles. The summed E-state index contributed by atoms with van der Waals surface area (Å²) in [4.78, 5) is 4.85. The van der Waals surface area contributed by atoms with Crippen molar-refractivity contribution < 1.29 is 0 Å². The summed E-state index contributed by atoms with van der Waals surface area (Å²) in [6.07, 6.45) is 1.28. The summed E-state index contributed by atoms with van der Waals surface area (Å²) in [5.74, 6) is 0.613. The van der Waals surface area contributed by atoms with Crippen LogP contribution in [0.2, 0.25) is 0 Å². The minimum atomic E-state index is 0.613. The summed E-state index contributed by atoms with van der Waals surface area (Å²) in [7, 11) is 4.36. The number of rotatable bonds is 3. The third-order valence-electron chi connectivity index (χ3n) is 3.80. The second kappa shape index (κ2) is 5.09. The average molecular weight is 232 g/mol. The maximum Gasteiger partial charge on any atom is 0.0369 e. The molecule has 0 amide bonds. The van der Waals surface area contributed by atoms with Crippen LogP contribution >= 0.6 is 0 Å². The topological polar surface area (TPSA) is 6.48 Å². The summed E-state index contributed by atoms with van der Waals surface area (Å²) < 4.78 is 0. The Labute approximate surface area is 105 Å². The molecule has 0 N–H and O–H groups in total. The van der Waals surface area contributed by atoms with Crippen molar-refractivity contribution in [1.82, 2.24) is 4.90 Å². The monoisotopic (exact) mass is 232 g/mol. The van der Waals surface area contributed by atoms with Crippen LogP contribution in [0.3, 0.4) is 0 Å². The van der Waals surface area contributed by atoms with Crippen LogP contribution in [0.15, 0.2) is 24.3 Å². The van der Waals surface area contributed by atoms with E-state index in [1.807, 2.05) is 0 Å². The van der Waals surface area contributed by atoms with Gasteiger partial charge in [-0.1, -0.05) is 26.0 Å². The number of benzene rings is 1. The van der Waals surface area contributed by atoms with E-state index in [9.17, 15) is 0 Å². The molecule has 0 spiro atoms. The molecular weight excluding hydrogens is 208 g/mol. The van der Waals surface area contributed by atoms with Gasteiger partial charge in [-0.25, -0.2) is 0 Å². The highest BCUT2D eigenvalue weighted by Gasteiger charge is 2.24. The van der Waals surface area contributed by atoms with Gasteiger partial charge in [0.2, 0.25) is 0 Å². The molecule has 2 rings (SSSR count). The second-order valence-corrected chi connectivity index (χ2v) is 5.60. The SMILES string of the molecule is CC(C)c1cccc(N2CCC(N(C)C)C2)c1. The Hall–Kier alpha value is -1.02. The van der Waals surface area contributed by atoms with Gasteiger partial charge in [-0.3, -0.25) is 0 Å². The zero-order valence-electron chi connectivity index (χ0n) is 11.5. The molecule has 0 saturated carbocycles. The van der Waals surface area contributed by atoms with Crippen LogP contribution < -0.4 is 4.90 Å². The van der Waals surface area contributed by atoms with Crippen LogP contribution in [0.1, 0.15) is 31.7 Å². The van der Waals surface area contributed by atoms with Crippen LogP contribution in [0.4, 0.5) is 5.69 Å². The van der Waals surface area contributed by atoms with E-state index in [-0.39, 0.29) is 0 Å². The van der Waals surface area contributed by atoms with Crippen LogP contribution in [0.5, 0.6) is 0 Å². The molecule has 1 aliphatic rings. The van der Waals surface area contributed by atoms with Crippen LogP contribution in [-0.4, -0.2) is 38.1 Å². The van der Waals surface area contributed by atoms with Gasteiger partial charge in [-0.15, -0.1) is 0 Å². The van der Waals surface area contributed by atoms with Crippen molar-refractivity contribution in [3.63, 3.8) is 0 Å². The van der Waals surface area contributed by atoms with E-state index in [0.29, 0.717) is 12.0 Å². The smallest absolute Gasteiger partial charge is 0.0369 e. The van der Waals surface area contributed by atoms with Crippen molar-refractivity contribution >= 4 is 5.69 Å². The first-order valence-corrected chi connectivity index (χ1v) is 6.59. The first-order chi connectivity index (χ1) is 8.08. The van der Waals surface area contributed by atoms with Gasteiger partial charge in [-0.2, -0.15) is 0 Å². The molecule has 0 aliphatic carbocycles. The molecule has 2 nitrogen and oxygen atoms in total. The molecule has 1 unspecified atom stereocenters. The van der Waals surface area contributed by atoms with Gasteiger partial charge in [0.05, 0.1) is 0 Å². The number of likely N-dealkylation sites (N-methyl/N-ethyl adjacent to an activating group) is 1.